The number of phenols is 1. The number of carbonyl (C=O) groups is 1. The largest absolute Gasteiger partial charge is 1.00 e. The minimum Gasteiger partial charge on any atom is -1.00 e. The van der Waals surface area contributed by atoms with E-state index in [1.165, 1.54) is 0 Å². The van der Waals surface area contributed by atoms with E-state index in [2.05, 4.69) is 13.8 Å². The molecule has 1 saturated heterocycles. The van der Waals surface area contributed by atoms with Gasteiger partial charge in [-0.3, -0.25) is 4.79 Å². The molecule has 22 heavy (non-hydrogen) atoms. The summed E-state index contributed by atoms with van der Waals surface area (Å²) in [5, 5.41) is 10.1. The van der Waals surface area contributed by atoms with Crippen LogP contribution in [0.3, 0.4) is 0 Å². The van der Waals surface area contributed by atoms with E-state index in [1.54, 1.807) is 12.1 Å². The number of hydrogen-bond donors (Lipinski definition) is 2. The molecule has 3 rings (SSSR count). The maximum atomic E-state index is 11.9. The number of phenolic OH excluding ortho intramolecular Hbond substituents is 1. The van der Waals surface area contributed by atoms with Gasteiger partial charge in [0.25, 0.3) is 5.91 Å². The van der Waals surface area contributed by atoms with Crippen LogP contribution in [0, 0.1) is 5.41 Å². The number of nitrogens with one attached hydrogen (secondary N) is 1. The van der Waals surface area contributed by atoms with E-state index in [4.69, 9.17) is 0 Å². The molecule has 0 spiro atoms. The summed E-state index contributed by atoms with van der Waals surface area (Å²) in [6.07, 6.45) is 2.71. The second-order valence-electron chi connectivity index (χ2n) is 6.49. The molecule has 1 heterocycles. The van der Waals surface area contributed by atoms with Crippen LogP contribution in [0.5, 0.6) is 5.75 Å². The summed E-state index contributed by atoms with van der Waals surface area (Å²) in [5.41, 5.74) is 2.41. The van der Waals surface area contributed by atoms with Gasteiger partial charge in [-0.15, -0.1) is 0 Å². The van der Waals surface area contributed by atoms with Gasteiger partial charge in [0, 0.05) is 0 Å². The first-order valence-corrected chi connectivity index (χ1v) is 8.30. The monoisotopic (exact) mass is 350 g/mol. The summed E-state index contributed by atoms with van der Waals surface area (Å²) in [4.78, 5) is 11.3. The standard InChI is InChI=1S/C14H18N2O4S.K.H/c1-14(2)4-3-9-6-12(17)11(5-10(9)7-14)16-8-13(18)15-21(16,19)20;;/h5-6,17H,3-4,7-8H2,1-2H3,(H,15,18);;/q;+1;-1. The Balaban J connectivity index is 0.00000132. The second-order valence-corrected chi connectivity index (χ2v) is 8.08. The van der Waals surface area contributed by atoms with Crippen molar-refractivity contribution in [3.8, 4) is 5.75 Å². The van der Waals surface area contributed by atoms with E-state index in [0.29, 0.717) is 0 Å². The molecule has 0 atom stereocenters. The Hall–Kier alpha value is -0.124. The van der Waals surface area contributed by atoms with Crippen LogP contribution in [-0.2, 0) is 27.8 Å². The minimum atomic E-state index is -3.89. The first-order chi connectivity index (χ1) is 9.68. The van der Waals surface area contributed by atoms with E-state index in [0.717, 1.165) is 34.7 Å². The third kappa shape index (κ3) is 3.37. The minimum absolute atomic E-state index is 0. The number of hydrogen-bond acceptors (Lipinski definition) is 4. The third-order valence-electron chi connectivity index (χ3n) is 4.13. The Labute approximate surface area is 174 Å². The molecule has 0 saturated carbocycles. The van der Waals surface area contributed by atoms with E-state index in [1.807, 2.05) is 4.72 Å². The topological polar surface area (TPSA) is 86.7 Å². The van der Waals surface area contributed by atoms with Crippen LogP contribution in [0.1, 0.15) is 32.8 Å². The van der Waals surface area contributed by atoms with Crippen molar-refractivity contribution >= 4 is 21.8 Å². The number of rotatable bonds is 1. The molecule has 0 aromatic heterocycles. The van der Waals surface area contributed by atoms with Crippen molar-refractivity contribution in [2.24, 2.45) is 5.41 Å². The summed E-state index contributed by atoms with van der Waals surface area (Å²) in [6.45, 7) is 4.04. The van der Waals surface area contributed by atoms with E-state index in [9.17, 15) is 18.3 Å². The molecule has 1 amide bonds. The normalized spacial score (nSPS) is 21.7. The van der Waals surface area contributed by atoms with Crippen LogP contribution in [-0.4, -0.2) is 26.0 Å². The number of anilines is 1. The summed E-state index contributed by atoms with van der Waals surface area (Å²) in [5.74, 6) is -0.694. The first-order valence-electron chi connectivity index (χ1n) is 6.86. The summed E-state index contributed by atoms with van der Waals surface area (Å²) in [6, 6.07) is 3.32. The van der Waals surface area contributed by atoms with Crippen LogP contribution in [0.15, 0.2) is 12.1 Å². The molecule has 1 aromatic rings. The molecule has 0 radical (unpaired) electrons. The molecular formula is C14H19KN2O4S. The molecule has 2 N–H and O–H groups in total. The molecule has 0 unspecified atom stereocenters. The summed E-state index contributed by atoms with van der Waals surface area (Å²) < 4.78 is 26.6. The average Bonchev–Trinajstić information content (AvgIpc) is 2.61. The van der Waals surface area contributed by atoms with Crippen molar-refractivity contribution in [3.63, 3.8) is 0 Å². The molecule has 8 heteroatoms. The fourth-order valence-corrected chi connectivity index (χ4v) is 4.15. The molecule has 1 aliphatic carbocycles. The van der Waals surface area contributed by atoms with Crippen molar-refractivity contribution in [2.45, 2.75) is 33.1 Å². The summed E-state index contributed by atoms with van der Waals surface area (Å²) in [7, 11) is -3.89. The van der Waals surface area contributed by atoms with E-state index < -0.39 is 16.1 Å². The fourth-order valence-electron chi connectivity index (χ4n) is 3.00. The van der Waals surface area contributed by atoms with Gasteiger partial charge in [0.2, 0.25) is 0 Å². The molecule has 1 aliphatic heterocycles. The molecule has 6 nitrogen and oxygen atoms in total. The van der Waals surface area contributed by atoms with Crippen molar-refractivity contribution in [1.82, 2.24) is 4.72 Å². The van der Waals surface area contributed by atoms with Gasteiger partial charge in [0.05, 0.1) is 5.69 Å². The van der Waals surface area contributed by atoms with Gasteiger partial charge in [-0.1, -0.05) is 13.8 Å². The van der Waals surface area contributed by atoms with Gasteiger partial charge in [-0.2, -0.15) is 8.42 Å². The zero-order valence-electron chi connectivity index (χ0n) is 14.0. The van der Waals surface area contributed by atoms with Gasteiger partial charge < -0.3 is 6.53 Å². The van der Waals surface area contributed by atoms with Crippen molar-refractivity contribution in [3.05, 3.63) is 23.3 Å². The van der Waals surface area contributed by atoms with Gasteiger partial charge in [0.1, 0.15) is 12.3 Å². The molecule has 116 valence electrons. The molecule has 2 aliphatic rings. The number of benzene rings is 1. The first kappa shape index (κ1) is 18.2. The maximum Gasteiger partial charge on any atom is 1.00 e. The zero-order valence-corrected chi connectivity index (χ0v) is 17.0. The van der Waals surface area contributed by atoms with E-state index >= 15 is 0 Å². The summed E-state index contributed by atoms with van der Waals surface area (Å²) >= 11 is 0. The van der Waals surface area contributed by atoms with Gasteiger partial charge in [-0.05, 0) is 47.9 Å². The van der Waals surface area contributed by atoms with Crippen molar-refractivity contribution in [1.29, 1.82) is 0 Å². The van der Waals surface area contributed by atoms with Crippen LogP contribution in [0.25, 0.3) is 0 Å². The maximum absolute atomic E-state index is 11.9. The SMILES string of the molecule is CC1(C)CCc2cc(O)c(N3CC(=O)NS3(=O)=O)cc2C1.[H-].[K+]. The second kappa shape index (κ2) is 6.07. The van der Waals surface area contributed by atoms with Crippen LogP contribution in [0.4, 0.5) is 5.69 Å². The Morgan fingerprint density at radius 1 is 1.32 bits per heavy atom. The predicted octanol–water partition coefficient (Wildman–Crippen LogP) is -1.80. The number of aromatic hydroxyl groups is 1. The predicted molar refractivity (Wildman–Crippen MR) is 79.4 cm³/mol. The number of aryl methyl sites for hydroxylation is 1. The fraction of sp³-hybridized carbons (Fsp3) is 0.500. The Morgan fingerprint density at radius 3 is 2.59 bits per heavy atom. The molecule has 1 aromatic carbocycles. The number of carbonyl (C=O) groups excluding carboxylic acids is 1. The Kier molecular flexibility index (Phi) is 5.02. The molecular weight excluding hydrogens is 331 g/mol. The quantitative estimate of drug-likeness (QED) is 0.586. The Morgan fingerprint density at radius 2 is 2.00 bits per heavy atom. The zero-order chi connectivity index (χ0) is 15.4. The van der Waals surface area contributed by atoms with Crippen LogP contribution in [0.2, 0.25) is 0 Å². The number of nitrogens with zero attached hydrogens (tertiary/aromatic N) is 1. The smallest absolute Gasteiger partial charge is 1.00 e. The number of amides is 1. The molecule has 0 bridgehead atoms. The van der Waals surface area contributed by atoms with Gasteiger partial charge in [0.15, 0.2) is 0 Å². The number of fused-ring (bicyclic) bond motifs is 1. The van der Waals surface area contributed by atoms with Crippen molar-refractivity contribution < 1.29 is 71.1 Å². The Bertz CT molecular complexity index is 737. The van der Waals surface area contributed by atoms with E-state index in [-0.39, 0.29) is 76.2 Å². The average molecular weight is 350 g/mol. The van der Waals surface area contributed by atoms with Gasteiger partial charge >= 0.3 is 61.6 Å². The third-order valence-corrected chi connectivity index (χ3v) is 5.52. The van der Waals surface area contributed by atoms with Crippen LogP contribution < -0.4 is 60.4 Å². The van der Waals surface area contributed by atoms with Gasteiger partial charge in [-0.25, -0.2) is 9.03 Å². The van der Waals surface area contributed by atoms with Crippen LogP contribution >= 0.6 is 0 Å². The van der Waals surface area contributed by atoms with Crippen molar-refractivity contribution in [2.75, 3.05) is 10.8 Å². The molecule has 1 fully saturated rings.